The maximum absolute atomic E-state index is 12.7. The maximum Gasteiger partial charge on any atom is 0.320 e. The highest BCUT2D eigenvalue weighted by atomic mass is 16.5. The molecule has 0 radical (unpaired) electrons. The average molecular weight is 377 g/mol. The van der Waals surface area contributed by atoms with E-state index >= 15 is 0 Å². The summed E-state index contributed by atoms with van der Waals surface area (Å²) in [5.41, 5.74) is 0. The Bertz CT molecular complexity index is 627. The number of urea groups is 1. The van der Waals surface area contributed by atoms with Gasteiger partial charge in [-0.1, -0.05) is 0 Å². The zero-order valence-corrected chi connectivity index (χ0v) is 16.2. The molecule has 3 amide bonds. The van der Waals surface area contributed by atoms with Crippen molar-refractivity contribution in [3.05, 3.63) is 18.2 Å². The van der Waals surface area contributed by atoms with Gasteiger partial charge in [-0.25, -0.2) is 9.78 Å². The molecule has 0 aromatic carbocycles. The van der Waals surface area contributed by atoms with Crippen LogP contribution in [0.4, 0.5) is 4.79 Å². The van der Waals surface area contributed by atoms with Gasteiger partial charge in [0.15, 0.2) is 0 Å². The number of rotatable bonds is 5. The summed E-state index contributed by atoms with van der Waals surface area (Å²) in [5.74, 6) is 1.04. The molecule has 2 fully saturated rings. The van der Waals surface area contributed by atoms with E-state index in [1.807, 2.05) is 22.9 Å². The third-order valence-electron chi connectivity index (χ3n) is 5.32. The molecule has 150 valence electrons. The van der Waals surface area contributed by atoms with Gasteiger partial charge >= 0.3 is 6.03 Å². The number of likely N-dealkylation sites (tertiary alicyclic amines) is 1. The molecule has 0 spiro atoms. The van der Waals surface area contributed by atoms with E-state index in [2.05, 4.69) is 14.9 Å². The number of nitrogens with one attached hydrogen (secondary N) is 1. The molecule has 8 heteroatoms. The van der Waals surface area contributed by atoms with Gasteiger partial charge in [-0.15, -0.1) is 0 Å². The Hall–Kier alpha value is -2.09. The summed E-state index contributed by atoms with van der Waals surface area (Å²) in [4.78, 5) is 33.1. The van der Waals surface area contributed by atoms with Crippen LogP contribution in [-0.2, 0) is 16.1 Å². The monoisotopic (exact) mass is 377 g/mol. The van der Waals surface area contributed by atoms with Gasteiger partial charge in [0.2, 0.25) is 5.91 Å². The topological polar surface area (TPSA) is 79.7 Å². The van der Waals surface area contributed by atoms with E-state index in [1.165, 1.54) is 0 Å². The molecule has 27 heavy (non-hydrogen) atoms. The Labute approximate surface area is 160 Å². The number of morpholine rings is 1. The first-order chi connectivity index (χ1) is 13.1. The zero-order chi connectivity index (χ0) is 19.1. The summed E-state index contributed by atoms with van der Waals surface area (Å²) in [7, 11) is 0. The lowest BCUT2D eigenvalue weighted by atomic mass is 10.1. The third-order valence-corrected chi connectivity index (χ3v) is 5.32. The van der Waals surface area contributed by atoms with Crippen LogP contribution < -0.4 is 5.32 Å². The van der Waals surface area contributed by atoms with Crippen LogP contribution in [-0.4, -0.2) is 76.7 Å². The van der Waals surface area contributed by atoms with Crippen LogP contribution in [0.2, 0.25) is 0 Å². The van der Waals surface area contributed by atoms with Crippen molar-refractivity contribution >= 4 is 11.9 Å². The fourth-order valence-electron chi connectivity index (χ4n) is 3.74. The quantitative estimate of drug-likeness (QED) is 0.841. The Morgan fingerprint density at radius 1 is 1.22 bits per heavy atom. The minimum absolute atomic E-state index is 0.0416. The summed E-state index contributed by atoms with van der Waals surface area (Å²) in [6.07, 6.45) is 7.94. The molecule has 2 saturated heterocycles. The van der Waals surface area contributed by atoms with Crippen LogP contribution in [0.15, 0.2) is 12.4 Å². The predicted molar refractivity (Wildman–Crippen MR) is 101 cm³/mol. The minimum Gasteiger partial charge on any atom is -0.378 e. The molecule has 0 saturated carbocycles. The highest BCUT2D eigenvalue weighted by molar-refractivity contribution is 5.77. The zero-order valence-electron chi connectivity index (χ0n) is 16.2. The predicted octanol–water partition coefficient (Wildman–Crippen LogP) is 1.39. The number of hydrogen-bond donors (Lipinski definition) is 1. The molecule has 2 aliphatic heterocycles. The number of imidazole rings is 1. The summed E-state index contributed by atoms with van der Waals surface area (Å²) in [6, 6.07) is 0.120. The number of ether oxygens (including phenoxy) is 1. The SMILES string of the molecule is Cc1nccn1CCCC(=O)N[C@@H]1CCCCN(C(=O)N2CCOCC2)C1. The van der Waals surface area contributed by atoms with E-state index < -0.39 is 0 Å². The van der Waals surface area contributed by atoms with Gasteiger partial charge in [0.05, 0.1) is 13.2 Å². The molecule has 1 aromatic rings. The molecular weight excluding hydrogens is 346 g/mol. The first kappa shape index (κ1) is 19.7. The normalized spacial score (nSPS) is 21.0. The second-order valence-corrected chi connectivity index (χ2v) is 7.36. The second kappa shape index (κ2) is 9.73. The number of hydrogen-bond acceptors (Lipinski definition) is 4. The number of nitrogens with zero attached hydrogens (tertiary/aromatic N) is 4. The molecule has 3 rings (SSSR count). The number of amides is 3. The standard InChI is InChI=1S/C19H31N5O3/c1-16-20-7-10-22(16)9-4-6-18(25)21-17-5-2-3-8-24(15-17)19(26)23-11-13-27-14-12-23/h7,10,17H,2-6,8-9,11-15H2,1H3,(H,21,25)/t17-/m1/s1. The van der Waals surface area contributed by atoms with Crippen molar-refractivity contribution in [1.29, 1.82) is 0 Å². The van der Waals surface area contributed by atoms with Gasteiger partial charge in [-0.3, -0.25) is 4.79 Å². The molecule has 2 aliphatic rings. The van der Waals surface area contributed by atoms with Crippen LogP contribution in [0.25, 0.3) is 0 Å². The summed E-state index contributed by atoms with van der Waals surface area (Å²) < 4.78 is 7.39. The van der Waals surface area contributed by atoms with E-state index in [0.29, 0.717) is 39.3 Å². The van der Waals surface area contributed by atoms with Crippen LogP contribution in [0.5, 0.6) is 0 Å². The van der Waals surface area contributed by atoms with Crippen molar-refractivity contribution in [2.24, 2.45) is 0 Å². The number of carbonyl (C=O) groups is 2. The molecule has 0 aliphatic carbocycles. The minimum atomic E-state index is 0.0416. The fraction of sp³-hybridized carbons (Fsp3) is 0.737. The summed E-state index contributed by atoms with van der Waals surface area (Å²) in [5, 5.41) is 3.14. The highest BCUT2D eigenvalue weighted by Gasteiger charge is 2.27. The van der Waals surface area contributed by atoms with Crippen LogP contribution in [0.3, 0.4) is 0 Å². The first-order valence-corrected chi connectivity index (χ1v) is 10.0. The molecule has 8 nitrogen and oxygen atoms in total. The lowest BCUT2D eigenvalue weighted by molar-refractivity contribution is -0.122. The number of aromatic nitrogens is 2. The average Bonchev–Trinajstić information content (AvgIpc) is 2.94. The molecule has 1 N–H and O–H groups in total. The Morgan fingerprint density at radius 3 is 2.78 bits per heavy atom. The van der Waals surface area contributed by atoms with Gasteiger partial charge in [0.1, 0.15) is 5.82 Å². The van der Waals surface area contributed by atoms with Crippen molar-refractivity contribution in [2.75, 3.05) is 39.4 Å². The molecular formula is C19H31N5O3. The van der Waals surface area contributed by atoms with Crippen molar-refractivity contribution in [1.82, 2.24) is 24.7 Å². The summed E-state index contributed by atoms with van der Waals surface area (Å²) >= 11 is 0. The van der Waals surface area contributed by atoms with E-state index in [0.717, 1.165) is 44.6 Å². The van der Waals surface area contributed by atoms with Crippen LogP contribution in [0.1, 0.15) is 37.9 Å². The van der Waals surface area contributed by atoms with Gasteiger partial charge < -0.3 is 24.4 Å². The van der Waals surface area contributed by atoms with Gasteiger partial charge in [-0.2, -0.15) is 0 Å². The van der Waals surface area contributed by atoms with Crippen molar-refractivity contribution in [3.63, 3.8) is 0 Å². The molecule has 3 heterocycles. The molecule has 1 atom stereocenters. The van der Waals surface area contributed by atoms with E-state index in [1.54, 1.807) is 6.20 Å². The number of carbonyl (C=O) groups excluding carboxylic acids is 2. The fourth-order valence-corrected chi connectivity index (χ4v) is 3.74. The van der Waals surface area contributed by atoms with E-state index in [-0.39, 0.29) is 18.0 Å². The van der Waals surface area contributed by atoms with Crippen molar-refractivity contribution < 1.29 is 14.3 Å². The maximum atomic E-state index is 12.7. The first-order valence-electron chi connectivity index (χ1n) is 10.0. The lowest BCUT2D eigenvalue weighted by Gasteiger charge is -2.33. The smallest absolute Gasteiger partial charge is 0.320 e. The Kier molecular flexibility index (Phi) is 7.09. The summed E-state index contributed by atoms with van der Waals surface area (Å²) in [6.45, 7) is 6.65. The Balaban J connectivity index is 1.44. The van der Waals surface area contributed by atoms with Gasteiger partial charge in [0.25, 0.3) is 0 Å². The lowest BCUT2D eigenvalue weighted by Crippen LogP contribution is -2.51. The molecule has 0 bridgehead atoms. The highest BCUT2D eigenvalue weighted by Crippen LogP contribution is 2.14. The van der Waals surface area contributed by atoms with Crippen molar-refractivity contribution in [2.45, 2.75) is 51.6 Å². The molecule has 1 aromatic heterocycles. The van der Waals surface area contributed by atoms with Crippen molar-refractivity contribution in [3.8, 4) is 0 Å². The second-order valence-electron chi connectivity index (χ2n) is 7.36. The van der Waals surface area contributed by atoms with Crippen LogP contribution >= 0.6 is 0 Å². The molecule has 0 unspecified atom stereocenters. The largest absolute Gasteiger partial charge is 0.378 e. The number of aryl methyl sites for hydroxylation is 2. The Morgan fingerprint density at radius 2 is 2.04 bits per heavy atom. The van der Waals surface area contributed by atoms with E-state index in [9.17, 15) is 9.59 Å². The van der Waals surface area contributed by atoms with E-state index in [4.69, 9.17) is 4.74 Å². The third kappa shape index (κ3) is 5.69. The van der Waals surface area contributed by atoms with Crippen LogP contribution in [0, 0.1) is 6.92 Å². The van der Waals surface area contributed by atoms with Gasteiger partial charge in [-0.05, 0) is 32.6 Å². The van der Waals surface area contributed by atoms with Gasteiger partial charge in [0, 0.05) is 57.6 Å².